The number of anilines is 1. The summed E-state index contributed by atoms with van der Waals surface area (Å²) in [5, 5.41) is 3.01. The van der Waals surface area contributed by atoms with E-state index in [4.69, 9.17) is 4.74 Å². The molecule has 0 saturated carbocycles. The summed E-state index contributed by atoms with van der Waals surface area (Å²) >= 11 is 0. The Morgan fingerprint density at radius 2 is 1.50 bits per heavy atom. The summed E-state index contributed by atoms with van der Waals surface area (Å²) in [6.45, 7) is 6.34. The van der Waals surface area contributed by atoms with Crippen LogP contribution in [-0.4, -0.2) is 5.91 Å². The number of amides is 1. The maximum absolute atomic E-state index is 12.8. The van der Waals surface area contributed by atoms with E-state index >= 15 is 0 Å². The van der Waals surface area contributed by atoms with Crippen molar-refractivity contribution in [2.75, 3.05) is 5.32 Å². The molecule has 0 heterocycles. The maximum atomic E-state index is 12.8. The second kappa shape index (κ2) is 9.23. The largest absolute Gasteiger partial charge is 0.455 e. The van der Waals surface area contributed by atoms with Crippen molar-refractivity contribution in [1.82, 2.24) is 0 Å². The molecule has 0 aliphatic heterocycles. The van der Waals surface area contributed by atoms with Gasteiger partial charge in [-0.2, -0.15) is 0 Å². The van der Waals surface area contributed by atoms with Crippen LogP contribution in [0.25, 0.3) is 0 Å². The fourth-order valence-electron chi connectivity index (χ4n) is 3.08. The quantitative estimate of drug-likeness (QED) is 0.519. The normalized spacial score (nSPS) is 11.9. The van der Waals surface area contributed by atoms with Crippen LogP contribution in [0.15, 0.2) is 78.9 Å². The lowest BCUT2D eigenvalue weighted by molar-refractivity contribution is -0.117. The van der Waals surface area contributed by atoms with Crippen LogP contribution >= 0.6 is 0 Å². The minimum Gasteiger partial charge on any atom is -0.455 e. The Morgan fingerprint density at radius 3 is 2.18 bits per heavy atom. The topological polar surface area (TPSA) is 38.3 Å². The SMILES string of the molecule is CC(C)Cc1ccc([C@@H](C)C(=O)Nc2ccccc2Oc2ccccc2)cc1. The van der Waals surface area contributed by atoms with Gasteiger partial charge in [0.2, 0.25) is 5.91 Å². The van der Waals surface area contributed by atoms with Crippen molar-refractivity contribution in [3.8, 4) is 11.5 Å². The van der Waals surface area contributed by atoms with Gasteiger partial charge in [0.05, 0.1) is 11.6 Å². The zero-order valence-electron chi connectivity index (χ0n) is 16.7. The van der Waals surface area contributed by atoms with Gasteiger partial charge >= 0.3 is 0 Å². The number of para-hydroxylation sites is 3. The van der Waals surface area contributed by atoms with Crippen molar-refractivity contribution in [3.05, 3.63) is 90.0 Å². The second-order valence-electron chi connectivity index (χ2n) is 7.46. The minimum atomic E-state index is -0.252. The maximum Gasteiger partial charge on any atom is 0.231 e. The van der Waals surface area contributed by atoms with Gasteiger partial charge in [-0.15, -0.1) is 0 Å². The highest BCUT2D eigenvalue weighted by Crippen LogP contribution is 2.30. The molecule has 0 saturated heterocycles. The number of hydrogen-bond donors (Lipinski definition) is 1. The molecule has 1 N–H and O–H groups in total. The average molecular weight is 373 g/mol. The lowest BCUT2D eigenvalue weighted by Gasteiger charge is -2.16. The van der Waals surface area contributed by atoms with Gasteiger partial charge < -0.3 is 10.1 Å². The van der Waals surface area contributed by atoms with E-state index in [0.29, 0.717) is 17.4 Å². The first-order valence-corrected chi connectivity index (χ1v) is 9.74. The number of carbonyl (C=O) groups is 1. The molecule has 0 aliphatic rings. The van der Waals surface area contributed by atoms with E-state index in [0.717, 1.165) is 17.7 Å². The van der Waals surface area contributed by atoms with Crippen molar-refractivity contribution in [1.29, 1.82) is 0 Å². The molecular weight excluding hydrogens is 346 g/mol. The first-order chi connectivity index (χ1) is 13.5. The fraction of sp³-hybridized carbons (Fsp3) is 0.240. The molecule has 0 spiro atoms. The highest BCUT2D eigenvalue weighted by atomic mass is 16.5. The van der Waals surface area contributed by atoms with E-state index in [2.05, 4.69) is 31.3 Å². The number of benzene rings is 3. The van der Waals surface area contributed by atoms with Crippen LogP contribution in [0.1, 0.15) is 37.8 Å². The Balaban J connectivity index is 1.70. The number of ether oxygens (including phenoxy) is 1. The van der Waals surface area contributed by atoms with Crippen molar-refractivity contribution >= 4 is 11.6 Å². The Kier molecular flexibility index (Phi) is 6.49. The van der Waals surface area contributed by atoms with Crippen molar-refractivity contribution in [2.24, 2.45) is 5.92 Å². The van der Waals surface area contributed by atoms with Gasteiger partial charge in [-0.05, 0) is 54.7 Å². The average Bonchev–Trinajstić information content (AvgIpc) is 2.70. The molecule has 28 heavy (non-hydrogen) atoms. The summed E-state index contributed by atoms with van der Waals surface area (Å²) in [5.41, 5.74) is 2.97. The Labute approximate surface area is 167 Å². The molecule has 0 aromatic heterocycles. The summed E-state index contributed by atoms with van der Waals surface area (Å²) in [4.78, 5) is 12.8. The monoisotopic (exact) mass is 373 g/mol. The second-order valence-corrected chi connectivity index (χ2v) is 7.46. The van der Waals surface area contributed by atoms with E-state index in [1.807, 2.05) is 73.7 Å². The molecule has 0 bridgehead atoms. The molecule has 1 amide bonds. The van der Waals surface area contributed by atoms with E-state index in [-0.39, 0.29) is 11.8 Å². The third-order valence-electron chi connectivity index (χ3n) is 4.63. The van der Waals surface area contributed by atoms with Crippen LogP contribution in [0.2, 0.25) is 0 Å². The van der Waals surface area contributed by atoms with E-state index in [1.165, 1.54) is 5.56 Å². The van der Waals surface area contributed by atoms with Crippen molar-refractivity contribution < 1.29 is 9.53 Å². The predicted octanol–water partition coefficient (Wildman–Crippen LogP) is 6.42. The summed E-state index contributed by atoms with van der Waals surface area (Å²) in [7, 11) is 0. The fourth-order valence-corrected chi connectivity index (χ4v) is 3.08. The van der Waals surface area contributed by atoms with Gasteiger partial charge in [0, 0.05) is 0 Å². The van der Waals surface area contributed by atoms with Gasteiger partial charge in [0.1, 0.15) is 5.75 Å². The molecule has 3 aromatic rings. The van der Waals surface area contributed by atoms with Crippen molar-refractivity contribution in [2.45, 2.75) is 33.1 Å². The van der Waals surface area contributed by atoms with Gasteiger partial charge in [-0.25, -0.2) is 0 Å². The third-order valence-corrected chi connectivity index (χ3v) is 4.63. The molecule has 0 radical (unpaired) electrons. The van der Waals surface area contributed by atoms with Crippen LogP contribution in [0.4, 0.5) is 5.69 Å². The van der Waals surface area contributed by atoms with E-state index in [1.54, 1.807) is 0 Å². The third kappa shape index (κ3) is 5.23. The molecule has 3 rings (SSSR count). The zero-order valence-corrected chi connectivity index (χ0v) is 16.7. The zero-order chi connectivity index (χ0) is 19.9. The van der Waals surface area contributed by atoms with Crippen LogP contribution in [0.3, 0.4) is 0 Å². The molecule has 0 aliphatic carbocycles. The smallest absolute Gasteiger partial charge is 0.231 e. The first-order valence-electron chi connectivity index (χ1n) is 9.74. The highest BCUT2D eigenvalue weighted by Gasteiger charge is 2.17. The molecule has 0 fully saturated rings. The summed E-state index contributed by atoms with van der Waals surface area (Å²) < 4.78 is 5.93. The van der Waals surface area contributed by atoms with Gasteiger partial charge in [0.15, 0.2) is 5.75 Å². The molecule has 3 heteroatoms. The molecule has 3 nitrogen and oxygen atoms in total. The standard InChI is InChI=1S/C25H27NO2/c1-18(2)17-20-13-15-21(16-14-20)19(3)25(27)26-23-11-7-8-12-24(23)28-22-9-5-4-6-10-22/h4-16,18-19H,17H2,1-3H3,(H,26,27)/t19-/m1/s1. The van der Waals surface area contributed by atoms with Crippen LogP contribution in [-0.2, 0) is 11.2 Å². The number of rotatable bonds is 7. The Bertz CT molecular complexity index is 901. The number of nitrogens with one attached hydrogen (secondary N) is 1. The highest BCUT2D eigenvalue weighted by molar-refractivity contribution is 5.96. The lowest BCUT2D eigenvalue weighted by Crippen LogP contribution is -2.19. The van der Waals surface area contributed by atoms with Gasteiger partial charge in [-0.1, -0.05) is 68.4 Å². The van der Waals surface area contributed by atoms with Crippen LogP contribution in [0, 0.1) is 5.92 Å². The number of carbonyl (C=O) groups excluding carboxylic acids is 1. The molecule has 144 valence electrons. The molecule has 1 atom stereocenters. The summed E-state index contributed by atoms with van der Waals surface area (Å²) in [6, 6.07) is 25.4. The Hall–Kier alpha value is -3.07. The van der Waals surface area contributed by atoms with Gasteiger partial charge in [-0.3, -0.25) is 4.79 Å². The Morgan fingerprint density at radius 1 is 0.857 bits per heavy atom. The van der Waals surface area contributed by atoms with Crippen LogP contribution in [0.5, 0.6) is 11.5 Å². The molecular formula is C25H27NO2. The van der Waals surface area contributed by atoms with E-state index in [9.17, 15) is 4.79 Å². The summed E-state index contributed by atoms with van der Waals surface area (Å²) in [5.74, 6) is 1.67. The van der Waals surface area contributed by atoms with Crippen molar-refractivity contribution in [3.63, 3.8) is 0 Å². The minimum absolute atomic E-state index is 0.0549. The van der Waals surface area contributed by atoms with Crippen LogP contribution < -0.4 is 10.1 Å². The predicted molar refractivity (Wildman–Crippen MR) is 115 cm³/mol. The summed E-state index contributed by atoms with van der Waals surface area (Å²) in [6.07, 6.45) is 1.05. The molecule has 3 aromatic carbocycles. The lowest BCUT2D eigenvalue weighted by atomic mass is 9.96. The first kappa shape index (κ1) is 19.7. The number of hydrogen-bond acceptors (Lipinski definition) is 2. The van der Waals surface area contributed by atoms with E-state index < -0.39 is 0 Å². The molecule has 0 unspecified atom stereocenters. The van der Waals surface area contributed by atoms with Gasteiger partial charge in [0.25, 0.3) is 0 Å².